The molecule has 1 aliphatic heterocycles. The van der Waals surface area contributed by atoms with Crippen molar-refractivity contribution in [1.82, 2.24) is 4.90 Å². The molecule has 6 heteroatoms. The summed E-state index contributed by atoms with van der Waals surface area (Å²) in [5.74, 6) is -0.499. The molecule has 1 aliphatic rings. The predicted octanol–water partition coefficient (Wildman–Crippen LogP) is -0.614. The lowest BCUT2D eigenvalue weighted by atomic mass is 9.89. The second-order valence-corrected chi connectivity index (χ2v) is 4.66. The van der Waals surface area contributed by atoms with Gasteiger partial charge in [-0.2, -0.15) is 0 Å². The van der Waals surface area contributed by atoms with E-state index in [1.54, 1.807) is 11.8 Å². The largest absolute Gasteiger partial charge is 0.393 e. The van der Waals surface area contributed by atoms with Gasteiger partial charge in [0.05, 0.1) is 16.8 Å². The summed E-state index contributed by atoms with van der Waals surface area (Å²) in [6, 6.07) is 0. The van der Waals surface area contributed by atoms with E-state index in [0.717, 1.165) is 0 Å². The fraction of sp³-hybridized carbons (Fsp3) is 0.667. The molecule has 1 saturated heterocycles. The Kier molecular flexibility index (Phi) is 3.28. The van der Waals surface area contributed by atoms with Crippen molar-refractivity contribution in [2.45, 2.75) is 19.8 Å². The number of hydrogen-bond acceptors (Lipinski definition) is 3. The monoisotopic (exact) mass is 229 g/mol. The van der Waals surface area contributed by atoms with E-state index in [-0.39, 0.29) is 23.2 Å². The highest BCUT2D eigenvalue weighted by Gasteiger charge is 2.40. The first kappa shape index (κ1) is 11.9. The van der Waals surface area contributed by atoms with Gasteiger partial charge in [-0.15, -0.1) is 0 Å². The number of primary amides is 1. The molecule has 0 aromatic carbocycles. The number of carbonyl (C=O) groups excluding carboxylic acids is 2. The summed E-state index contributed by atoms with van der Waals surface area (Å²) in [4.78, 5) is 24.5. The zero-order valence-corrected chi connectivity index (χ0v) is 9.47. The van der Waals surface area contributed by atoms with Gasteiger partial charge >= 0.3 is 0 Å². The third-order valence-corrected chi connectivity index (χ3v) is 2.89. The minimum Gasteiger partial charge on any atom is -0.393 e. The van der Waals surface area contributed by atoms with E-state index in [0.29, 0.717) is 19.5 Å². The first-order chi connectivity index (χ1) is 6.85. The number of rotatable bonds is 3. The molecule has 15 heavy (non-hydrogen) atoms. The van der Waals surface area contributed by atoms with Crippen LogP contribution in [0.3, 0.4) is 0 Å². The highest BCUT2D eigenvalue weighted by molar-refractivity contribution is 7.80. The van der Waals surface area contributed by atoms with Crippen molar-refractivity contribution in [3.63, 3.8) is 0 Å². The number of nitrogens with zero attached hydrogens (tertiary/aromatic N) is 1. The zero-order valence-electron chi connectivity index (χ0n) is 8.66. The number of thiocarbonyl (C=S) groups is 1. The molecule has 4 N–H and O–H groups in total. The van der Waals surface area contributed by atoms with Crippen LogP contribution in [0.1, 0.15) is 19.8 Å². The molecule has 5 nitrogen and oxygen atoms in total. The number of carbonyl (C=O) groups is 2. The average Bonchev–Trinajstić information content (AvgIpc) is 2.48. The Bertz CT molecular complexity index is 318. The lowest BCUT2D eigenvalue weighted by molar-refractivity contribution is -0.130. The fourth-order valence-electron chi connectivity index (χ4n) is 1.64. The van der Waals surface area contributed by atoms with Gasteiger partial charge in [-0.3, -0.25) is 9.59 Å². The first-order valence-corrected chi connectivity index (χ1v) is 5.12. The molecular weight excluding hydrogens is 214 g/mol. The Hall–Kier alpha value is -1.17. The minimum absolute atomic E-state index is 0.0597. The summed E-state index contributed by atoms with van der Waals surface area (Å²) in [5.41, 5.74) is 9.94. The van der Waals surface area contributed by atoms with Crippen molar-refractivity contribution >= 4 is 29.0 Å². The van der Waals surface area contributed by atoms with Crippen LogP contribution < -0.4 is 11.5 Å². The second-order valence-electron chi connectivity index (χ2n) is 4.13. The van der Waals surface area contributed by atoms with Crippen LogP contribution in [0.15, 0.2) is 0 Å². The summed E-state index contributed by atoms with van der Waals surface area (Å²) < 4.78 is 0. The van der Waals surface area contributed by atoms with Crippen LogP contribution in [-0.2, 0) is 9.59 Å². The zero-order chi connectivity index (χ0) is 11.6. The standard InChI is InChI=1S/C9H15N3O2S/c1-9(8(11)14)2-3-12(5-9)7(13)4-6(10)15/h2-5H2,1H3,(H2,10,15)(H2,11,14). The van der Waals surface area contributed by atoms with Gasteiger partial charge in [0.25, 0.3) is 0 Å². The molecule has 2 amide bonds. The van der Waals surface area contributed by atoms with Crippen molar-refractivity contribution in [3.05, 3.63) is 0 Å². The molecule has 0 aromatic heterocycles. The van der Waals surface area contributed by atoms with Crippen LogP contribution in [0.2, 0.25) is 0 Å². The van der Waals surface area contributed by atoms with Crippen LogP contribution in [0.5, 0.6) is 0 Å². The molecule has 1 unspecified atom stereocenters. The van der Waals surface area contributed by atoms with Crippen molar-refractivity contribution in [1.29, 1.82) is 0 Å². The average molecular weight is 229 g/mol. The first-order valence-electron chi connectivity index (χ1n) is 4.71. The number of likely N-dealkylation sites (tertiary alicyclic amines) is 1. The number of amides is 2. The minimum atomic E-state index is -0.605. The van der Waals surface area contributed by atoms with E-state index in [1.807, 2.05) is 0 Å². The van der Waals surface area contributed by atoms with Crippen molar-refractivity contribution in [2.75, 3.05) is 13.1 Å². The second kappa shape index (κ2) is 4.14. The smallest absolute Gasteiger partial charge is 0.229 e. The fourth-order valence-corrected chi connectivity index (χ4v) is 1.76. The molecule has 1 atom stereocenters. The maximum Gasteiger partial charge on any atom is 0.229 e. The molecule has 1 fully saturated rings. The molecule has 0 aliphatic carbocycles. The molecule has 1 rings (SSSR count). The van der Waals surface area contributed by atoms with E-state index >= 15 is 0 Å². The summed E-state index contributed by atoms with van der Waals surface area (Å²) in [7, 11) is 0. The Morgan fingerprint density at radius 1 is 1.47 bits per heavy atom. The van der Waals surface area contributed by atoms with Crippen LogP contribution in [0.4, 0.5) is 0 Å². The Balaban J connectivity index is 2.60. The van der Waals surface area contributed by atoms with Crippen molar-refractivity contribution in [3.8, 4) is 0 Å². The van der Waals surface area contributed by atoms with E-state index in [9.17, 15) is 9.59 Å². The highest BCUT2D eigenvalue weighted by Crippen LogP contribution is 2.29. The van der Waals surface area contributed by atoms with Crippen molar-refractivity contribution < 1.29 is 9.59 Å². The molecular formula is C9H15N3O2S. The van der Waals surface area contributed by atoms with E-state index < -0.39 is 5.41 Å². The molecule has 0 aromatic rings. The van der Waals surface area contributed by atoms with Crippen LogP contribution in [-0.4, -0.2) is 34.8 Å². The lowest BCUT2D eigenvalue weighted by Gasteiger charge is -2.20. The van der Waals surface area contributed by atoms with Gasteiger partial charge in [-0.05, 0) is 13.3 Å². The summed E-state index contributed by atoms with van der Waals surface area (Å²) in [5, 5.41) is 0. The Morgan fingerprint density at radius 2 is 2.07 bits per heavy atom. The van der Waals surface area contributed by atoms with E-state index in [1.165, 1.54) is 0 Å². The van der Waals surface area contributed by atoms with E-state index in [2.05, 4.69) is 12.2 Å². The summed E-state index contributed by atoms with van der Waals surface area (Å²) in [6.45, 7) is 2.67. The molecule has 0 bridgehead atoms. The van der Waals surface area contributed by atoms with Crippen molar-refractivity contribution in [2.24, 2.45) is 16.9 Å². The maximum atomic E-state index is 11.6. The summed E-state index contributed by atoms with van der Waals surface area (Å²) in [6.07, 6.45) is 0.662. The number of nitrogens with two attached hydrogens (primary N) is 2. The van der Waals surface area contributed by atoms with Crippen LogP contribution in [0, 0.1) is 5.41 Å². The van der Waals surface area contributed by atoms with Crippen LogP contribution in [0.25, 0.3) is 0 Å². The normalized spacial score (nSPS) is 25.3. The summed E-state index contributed by atoms with van der Waals surface area (Å²) >= 11 is 4.65. The SMILES string of the molecule is CC1(C(N)=O)CCN(C(=O)CC(N)=S)C1. The molecule has 0 spiro atoms. The molecule has 0 radical (unpaired) electrons. The van der Waals surface area contributed by atoms with Crippen LogP contribution >= 0.6 is 12.2 Å². The van der Waals surface area contributed by atoms with Gasteiger partial charge in [-0.25, -0.2) is 0 Å². The highest BCUT2D eigenvalue weighted by atomic mass is 32.1. The van der Waals surface area contributed by atoms with Gasteiger partial charge in [0, 0.05) is 13.1 Å². The van der Waals surface area contributed by atoms with E-state index in [4.69, 9.17) is 11.5 Å². The maximum absolute atomic E-state index is 11.6. The lowest BCUT2D eigenvalue weighted by Crippen LogP contribution is -2.39. The third kappa shape index (κ3) is 2.65. The van der Waals surface area contributed by atoms with Gasteiger partial charge < -0.3 is 16.4 Å². The van der Waals surface area contributed by atoms with Gasteiger partial charge in [-0.1, -0.05) is 12.2 Å². The Morgan fingerprint density at radius 3 is 2.47 bits per heavy atom. The van der Waals surface area contributed by atoms with Gasteiger partial charge in [0.15, 0.2) is 0 Å². The number of hydrogen-bond donors (Lipinski definition) is 2. The molecule has 1 heterocycles. The predicted molar refractivity (Wildman–Crippen MR) is 59.9 cm³/mol. The van der Waals surface area contributed by atoms with Gasteiger partial charge in [0.1, 0.15) is 0 Å². The Labute approximate surface area is 93.8 Å². The molecule has 0 saturated carbocycles. The third-order valence-electron chi connectivity index (χ3n) is 2.75. The quantitative estimate of drug-likeness (QED) is 0.632. The van der Waals surface area contributed by atoms with Gasteiger partial charge in [0.2, 0.25) is 11.8 Å². The molecule has 84 valence electrons. The topological polar surface area (TPSA) is 89.4 Å².